The Bertz CT molecular complexity index is 788. The van der Waals surface area contributed by atoms with Crippen molar-refractivity contribution in [3.63, 3.8) is 0 Å². The van der Waals surface area contributed by atoms with E-state index in [9.17, 15) is 4.79 Å². The lowest BCUT2D eigenvalue weighted by Gasteiger charge is -2.06. The van der Waals surface area contributed by atoms with Crippen molar-refractivity contribution < 1.29 is 9.53 Å². The van der Waals surface area contributed by atoms with Crippen molar-refractivity contribution >= 4 is 17.0 Å². The highest BCUT2D eigenvalue weighted by Crippen LogP contribution is 2.16. The Hall–Kier alpha value is -2.62. The van der Waals surface area contributed by atoms with E-state index in [-0.39, 0.29) is 0 Å². The molecule has 3 rings (SSSR count). The van der Waals surface area contributed by atoms with Gasteiger partial charge in [-0.2, -0.15) is 0 Å². The van der Waals surface area contributed by atoms with Gasteiger partial charge >= 0.3 is 5.97 Å². The Morgan fingerprint density at radius 2 is 1.90 bits per heavy atom. The molecule has 1 aromatic carbocycles. The predicted octanol–water partition coefficient (Wildman–Crippen LogP) is 3.18. The highest BCUT2D eigenvalue weighted by Gasteiger charge is 2.10. The lowest BCUT2D eigenvalue weighted by atomic mass is 10.1. The second-order valence-electron chi connectivity index (χ2n) is 5.03. The molecule has 4 nitrogen and oxygen atoms in total. The minimum Gasteiger partial charge on any atom is -0.464 e. The standard InChI is InChI=1S/C17H16N2O2/c1-12-3-5-13(6-4-12)11-19-10-9-14-7-8-15(17(20)21-2)18-16(14)19/h3-10H,11H2,1-2H3. The molecule has 2 aromatic heterocycles. The number of benzene rings is 1. The van der Waals surface area contributed by atoms with E-state index in [4.69, 9.17) is 4.74 Å². The molecular weight excluding hydrogens is 264 g/mol. The van der Waals surface area contributed by atoms with Crippen molar-refractivity contribution in [2.75, 3.05) is 7.11 Å². The van der Waals surface area contributed by atoms with Crippen molar-refractivity contribution in [2.24, 2.45) is 0 Å². The van der Waals surface area contributed by atoms with Crippen LogP contribution in [-0.4, -0.2) is 22.6 Å². The van der Waals surface area contributed by atoms with Crippen molar-refractivity contribution in [1.82, 2.24) is 9.55 Å². The summed E-state index contributed by atoms with van der Waals surface area (Å²) in [7, 11) is 1.36. The number of hydrogen-bond acceptors (Lipinski definition) is 3. The number of carbonyl (C=O) groups is 1. The van der Waals surface area contributed by atoms with E-state index < -0.39 is 5.97 Å². The molecule has 3 aromatic rings. The Labute approximate surface area is 123 Å². The number of carbonyl (C=O) groups excluding carboxylic acids is 1. The average Bonchev–Trinajstić information content (AvgIpc) is 2.91. The van der Waals surface area contributed by atoms with Crippen molar-refractivity contribution in [3.8, 4) is 0 Å². The summed E-state index contributed by atoms with van der Waals surface area (Å²) in [5.41, 5.74) is 3.55. The number of pyridine rings is 1. The SMILES string of the molecule is COC(=O)c1ccc2ccn(Cc3ccc(C)cc3)c2n1. The maximum Gasteiger partial charge on any atom is 0.356 e. The maximum atomic E-state index is 11.6. The Morgan fingerprint density at radius 1 is 1.14 bits per heavy atom. The van der Waals surface area contributed by atoms with Crippen LogP contribution in [0.3, 0.4) is 0 Å². The number of esters is 1. The fraction of sp³-hybridized carbons (Fsp3) is 0.176. The number of fused-ring (bicyclic) bond motifs is 1. The first-order valence-electron chi connectivity index (χ1n) is 6.77. The Balaban J connectivity index is 1.98. The molecule has 4 heteroatoms. The highest BCUT2D eigenvalue weighted by atomic mass is 16.5. The minimum atomic E-state index is -0.417. The van der Waals surface area contributed by atoms with Gasteiger partial charge in [0.15, 0.2) is 5.69 Å². The molecule has 106 valence electrons. The first-order chi connectivity index (χ1) is 10.2. The molecule has 0 aliphatic carbocycles. The summed E-state index contributed by atoms with van der Waals surface area (Å²) in [5, 5.41) is 1.01. The average molecular weight is 280 g/mol. The zero-order chi connectivity index (χ0) is 14.8. The number of aryl methyl sites for hydroxylation is 1. The van der Waals surface area contributed by atoms with Crippen LogP contribution in [0.15, 0.2) is 48.7 Å². The minimum absolute atomic E-state index is 0.328. The van der Waals surface area contributed by atoms with Gasteiger partial charge in [0.05, 0.1) is 7.11 Å². The van der Waals surface area contributed by atoms with Crippen LogP contribution < -0.4 is 0 Å². The highest BCUT2D eigenvalue weighted by molar-refractivity contribution is 5.90. The molecule has 0 fully saturated rings. The first kappa shape index (κ1) is 13.4. The normalized spacial score (nSPS) is 10.8. The molecule has 0 aliphatic heterocycles. The van der Waals surface area contributed by atoms with E-state index in [1.165, 1.54) is 18.2 Å². The van der Waals surface area contributed by atoms with Gasteiger partial charge in [-0.25, -0.2) is 9.78 Å². The molecule has 21 heavy (non-hydrogen) atoms. The number of rotatable bonds is 3. The van der Waals surface area contributed by atoms with Gasteiger partial charge in [-0.3, -0.25) is 0 Å². The third-order valence-electron chi connectivity index (χ3n) is 3.48. The van der Waals surface area contributed by atoms with Crippen molar-refractivity contribution in [3.05, 3.63) is 65.5 Å². The van der Waals surface area contributed by atoms with Gasteiger partial charge in [-0.1, -0.05) is 29.8 Å². The monoisotopic (exact) mass is 280 g/mol. The summed E-state index contributed by atoms with van der Waals surface area (Å²) in [6.07, 6.45) is 1.98. The van der Waals surface area contributed by atoms with Gasteiger partial charge in [-0.15, -0.1) is 0 Å². The second-order valence-corrected chi connectivity index (χ2v) is 5.03. The van der Waals surface area contributed by atoms with Crippen LogP contribution in [0.1, 0.15) is 21.6 Å². The number of methoxy groups -OCH3 is 1. The van der Waals surface area contributed by atoms with Crippen LogP contribution in [-0.2, 0) is 11.3 Å². The molecule has 0 saturated carbocycles. The van der Waals surface area contributed by atoms with Crippen LogP contribution in [0, 0.1) is 6.92 Å². The predicted molar refractivity (Wildman–Crippen MR) is 81.4 cm³/mol. The lowest BCUT2D eigenvalue weighted by Crippen LogP contribution is -2.06. The number of aromatic nitrogens is 2. The van der Waals surface area contributed by atoms with Gasteiger partial charge in [-0.05, 0) is 30.7 Å². The Kier molecular flexibility index (Phi) is 3.44. The maximum absolute atomic E-state index is 11.6. The fourth-order valence-corrected chi connectivity index (χ4v) is 2.30. The van der Waals surface area contributed by atoms with E-state index in [0.29, 0.717) is 5.69 Å². The molecular formula is C17H16N2O2. The van der Waals surface area contributed by atoms with Gasteiger partial charge in [0.25, 0.3) is 0 Å². The molecule has 0 unspecified atom stereocenters. The number of hydrogen-bond donors (Lipinski definition) is 0. The molecule has 0 atom stereocenters. The zero-order valence-corrected chi connectivity index (χ0v) is 12.0. The molecule has 0 amide bonds. The number of nitrogens with zero attached hydrogens (tertiary/aromatic N) is 2. The summed E-state index contributed by atoms with van der Waals surface area (Å²) in [5.74, 6) is -0.417. The molecule has 0 radical (unpaired) electrons. The van der Waals surface area contributed by atoms with Crippen molar-refractivity contribution in [2.45, 2.75) is 13.5 Å². The topological polar surface area (TPSA) is 44.1 Å². The summed E-state index contributed by atoms with van der Waals surface area (Å²) in [6, 6.07) is 14.0. The summed E-state index contributed by atoms with van der Waals surface area (Å²) in [6.45, 7) is 2.79. The summed E-state index contributed by atoms with van der Waals surface area (Å²) < 4.78 is 6.76. The van der Waals surface area contributed by atoms with Crippen LogP contribution in [0.5, 0.6) is 0 Å². The third-order valence-corrected chi connectivity index (χ3v) is 3.48. The van der Waals surface area contributed by atoms with Gasteiger partial charge < -0.3 is 9.30 Å². The smallest absolute Gasteiger partial charge is 0.356 e. The first-order valence-corrected chi connectivity index (χ1v) is 6.77. The molecule has 0 aliphatic rings. The molecule has 0 spiro atoms. The second kappa shape index (κ2) is 5.40. The van der Waals surface area contributed by atoms with Gasteiger partial charge in [0, 0.05) is 18.1 Å². The lowest BCUT2D eigenvalue weighted by molar-refractivity contribution is 0.0594. The Morgan fingerprint density at radius 3 is 2.62 bits per heavy atom. The zero-order valence-electron chi connectivity index (χ0n) is 12.0. The molecule has 2 heterocycles. The van der Waals surface area contributed by atoms with Crippen LogP contribution >= 0.6 is 0 Å². The molecule has 0 bridgehead atoms. The van der Waals surface area contributed by atoms with E-state index in [1.807, 2.05) is 22.9 Å². The molecule has 0 N–H and O–H groups in total. The quantitative estimate of drug-likeness (QED) is 0.692. The van der Waals surface area contributed by atoms with E-state index >= 15 is 0 Å². The van der Waals surface area contributed by atoms with Crippen LogP contribution in [0.2, 0.25) is 0 Å². The fourth-order valence-electron chi connectivity index (χ4n) is 2.30. The van der Waals surface area contributed by atoms with Gasteiger partial charge in [0.2, 0.25) is 0 Å². The summed E-state index contributed by atoms with van der Waals surface area (Å²) in [4.78, 5) is 16.0. The van der Waals surface area contributed by atoms with Crippen LogP contribution in [0.4, 0.5) is 0 Å². The largest absolute Gasteiger partial charge is 0.464 e. The van der Waals surface area contributed by atoms with Crippen LogP contribution in [0.25, 0.3) is 11.0 Å². The number of ether oxygens (including phenoxy) is 1. The summed E-state index contributed by atoms with van der Waals surface area (Å²) >= 11 is 0. The van der Waals surface area contributed by atoms with E-state index in [0.717, 1.165) is 17.6 Å². The van der Waals surface area contributed by atoms with Crippen molar-refractivity contribution in [1.29, 1.82) is 0 Å². The van der Waals surface area contributed by atoms with E-state index in [1.54, 1.807) is 6.07 Å². The molecule has 0 saturated heterocycles. The van der Waals surface area contributed by atoms with Gasteiger partial charge in [0.1, 0.15) is 5.65 Å². The van der Waals surface area contributed by atoms with E-state index in [2.05, 4.69) is 36.2 Å². The third kappa shape index (κ3) is 2.65.